The molecule has 198 valence electrons. The summed E-state index contributed by atoms with van der Waals surface area (Å²) in [6.45, 7) is 0. The van der Waals surface area contributed by atoms with Gasteiger partial charge in [0.1, 0.15) is 0 Å². The Labute approximate surface area is 229 Å². The molecule has 0 aromatic heterocycles. The van der Waals surface area contributed by atoms with E-state index in [2.05, 4.69) is 34.5 Å². The van der Waals surface area contributed by atoms with Gasteiger partial charge in [-0.15, -0.1) is 0 Å². The maximum Gasteiger partial charge on any atom is 0.193 e. The quantitative estimate of drug-likeness (QED) is 0.191. The molecular weight excluding hydrogens is 508 g/mol. The lowest BCUT2D eigenvalue weighted by atomic mass is 10.0. The van der Waals surface area contributed by atoms with Gasteiger partial charge < -0.3 is 9.44 Å². The molecule has 0 amide bonds. The Kier molecular flexibility index (Phi) is 8.65. The third kappa shape index (κ3) is 7.53. The molecule has 4 nitrogen and oxygen atoms in total. The van der Waals surface area contributed by atoms with E-state index in [0.29, 0.717) is 22.3 Å². The zero-order valence-corrected chi connectivity index (χ0v) is 24.1. The molecule has 2 N–H and O–H groups in total. The summed E-state index contributed by atoms with van der Waals surface area (Å²) in [6.07, 6.45) is 9.15. The second-order valence-electron chi connectivity index (χ2n) is 10.2. The molecule has 0 bridgehead atoms. The molecule has 0 saturated carbocycles. The number of benzene rings is 4. The first-order valence-electron chi connectivity index (χ1n) is 12.5. The second kappa shape index (κ2) is 11.9. The van der Waals surface area contributed by atoms with Gasteiger partial charge >= 0.3 is 0 Å². The smallest absolute Gasteiger partial charge is 0.193 e. The Bertz CT molecular complexity index is 1260. The van der Waals surface area contributed by atoms with Crippen LogP contribution >= 0.6 is 20.4 Å². The van der Waals surface area contributed by atoms with Gasteiger partial charge in [0.15, 0.2) is 11.6 Å². The van der Waals surface area contributed by atoms with Gasteiger partial charge in [0.05, 0.1) is 0 Å². The van der Waals surface area contributed by atoms with Crippen molar-refractivity contribution in [1.82, 2.24) is 0 Å². The molecule has 0 aliphatic carbocycles. The van der Waals surface area contributed by atoms with E-state index in [9.17, 15) is 9.59 Å². The Balaban J connectivity index is 1.31. The predicted molar refractivity (Wildman–Crippen MR) is 168 cm³/mol. The van der Waals surface area contributed by atoms with Crippen molar-refractivity contribution in [2.45, 2.75) is 0 Å². The van der Waals surface area contributed by atoms with Crippen molar-refractivity contribution in [3.05, 3.63) is 131 Å². The van der Waals surface area contributed by atoms with Gasteiger partial charge in [0.2, 0.25) is 0 Å². The average Bonchev–Trinajstić information content (AvgIpc) is 2.93. The number of anilines is 2. The number of rotatable bonds is 11. The summed E-state index contributed by atoms with van der Waals surface area (Å²) >= 11 is 0. The van der Waals surface area contributed by atoms with Gasteiger partial charge in [-0.3, -0.25) is 9.59 Å². The highest BCUT2D eigenvalue weighted by atomic mass is 32.3. The molecule has 0 heterocycles. The Hall–Kier alpha value is -3.48. The van der Waals surface area contributed by atoms with E-state index in [4.69, 9.17) is 0 Å². The number of hydrogen-bond acceptors (Lipinski definition) is 4. The van der Waals surface area contributed by atoms with Crippen molar-refractivity contribution >= 4 is 43.4 Å². The molecule has 0 atom stereocenters. The van der Waals surface area contributed by atoms with Gasteiger partial charge in [-0.2, -0.15) is 20.4 Å². The first-order chi connectivity index (χ1) is 18.1. The minimum absolute atomic E-state index is 0.0395. The Morgan fingerprint density at radius 3 is 1.08 bits per heavy atom. The summed E-state index contributed by atoms with van der Waals surface area (Å²) in [6, 6.07) is 34.3. The van der Waals surface area contributed by atoms with Crippen molar-refractivity contribution in [1.29, 1.82) is 0 Å². The van der Waals surface area contributed by atoms with Crippen molar-refractivity contribution in [2.75, 3.05) is 46.0 Å². The molecule has 6 heteroatoms. The van der Waals surface area contributed by atoms with Crippen LogP contribution in [0.15, 0.2) is 109 Å². The molecule has 0 saturated heterocycles. The number of hydrogen-bond donors (Lipinski definition) is 2. The Morgan fingerprint density at radius 2 is 0.763 bits per heavy atom. The van der Waals surface area contributed by atoms with Crippen LogP contribution in [0.1, 0.15) is 31.8 Å². The first kappa shape index (κ1) is 27.6. The molecule has 0 unspecified atom stereocenters. The van der Waals surface area contributed by atoms with Crippen molar-refractivity contribution < 1.29 is 9.59 Å². The monoisotopic (exact) mass is 544 g/mol. The highest BCUT2D eigenvalue weighted by molar-refractivity contribution is 8.36. The second-order valence-corrected chi connectivity index (χ2v) is 17.6. The minimum Gasteiger partial charge on any atom is -0.348 e. The lowest BCUT2D eigenvalue weighted by molar-refractivity contribution is 0.103. The van der Waals surface area contributed by atoms with Gasteiger partial charge in [-0.1, -0.05) is 60.7 Å². The molecular formula is C32H36N2O2S2. The fourth-order valence-corrected chi connectivity index (χ4v) is 9.13. The van der Waals surface area contributed by atoms with Crippen LogP contribution in [-0.2, 0) is 0 Å². The predicted octanol–water partition coefficient (Wildman–Crippen LogP) is 7.63. The lowest BCUT2D eigenvalue weighted by Crippen LogP contribution is -2.20. The van der Waals surface area contributed by atoms with E-state index in [1.807, 2.05) is 109 Å². The molecule has 0 fully saturated rings. The Morgan fingerprint density at radius 1 is 0.474 bits per heavy atom. The largest absolute Gasteiger partial charge is 0.348 e. The van der Waals surface area contributed by atoms with Crippen molar-refractivity contribution in [3.8, 4) is 0 Å². The van der Waals surface area contributed by atoms with Crippen LogP contribution in [0, 0.1) is 0 Å². The topological polar surface area (TPSA) is 58.2 Å². The SMILES string of the molecule is CS(C)(CCS(C)(C)Nc1ccc(C(=O)c2ccccc2)cc1)Nc1ccc(C(=O)c2ccccc2)cc1. The van der Waals surface area contributed by atoms with E-state index in [1.165, 1.54) is 0 Å². The number of carbonyl (C=O) groups is 2. The van der Waals surface area contributed by atoms with Crippen LogP contribution in [0.5, 0.6) is 0 Å². The summed E-state index contributed by atoms with van der Waals surface area (Å²) in [5, 5.41) is 0. The fourth-order valence-electron chi connectivity index (χ4n) is 4.05. The molecule has 0 radical (unpaired) electrons. The molecule has 4 aromatic carbocycles. The van der Waals surface area contributed by atoms with E-state index in [0.717, 1.165) is 22.9 Å². The molecule has 0 aliphatic rings. The maximum atomic E-state index is 12.7. The average molecular weight is 545 g/mol. The van der Waals surface area contributed by atoms with E-state index in [1.54, 1.807) is 0 Å². The van der Waals surface area contributed by atoms with Crippen LogP contribution in [0.3, 0.4) is 0 Å². The molecule has 0 aliphatic heterocycles. The van der Waals surface area contributed by atoms with Crippen molar-refractivity contribution in [2.24, 2.45) is 0 Å². The summed E-state index contributed by atoms with van der Waals surface area (Å²) < 4.78 is 7.43. The third-order valence-corrected chi connectivity index (χ3v) is 10.5. The molecule has 4 aromatic rings. The summed E-state index contributed by atoms with van der Waals surface area (Å²) in [7, 11) is -2.19. The normalized spacial score (nSPS) is 12.4. The summed E-state index contributed by atoms with van der Waals surface area (Å²) in [4.78, 5) is 25.4. The van der Waals surface area contributed by atoms with Crippen LogP contribution in [0.25, 0.3) is 0 Å². The van der Waals surface area contributed by atoms with Gasteiger partial charge in [0, 0.05) is 45.1 Å². The summed E-state index contributed by atoms with van der Waals surface area (Å²) in [5.74, 6) is 2.19. The number of carbonyl (C=O) groups excluding carboxylic acids is 2. The van der Waals surface area contributed by atoms with Gasteiger partial charge in [-0.25, -0.2) is 0 Å². The van der Waals surface area contributed by atoms with E-state index in [-0.39, 0.29) is 11.6 Å². The molecule has 4 rings (SSSR count). The van der Waals surface area contributed by atoms with Crippen LogP contribution in [0.4, 0.5) is 11.4 Å². The third-order valence-electron chi connectivity index (χ3n) is 6.26. The van der Waals surface area contributed by atoms with Gasteiger partial charge in [-0.05, 0) is 73.6 Å². The van der Waals surface area contributed by atoms with Crippen LogP contribution < -0.4 is 9.44 Å². The fraction of sp³-hybridized carbons (Fsp3) is 0.188. The highest BCUT2D eigenvalue weighted by Crippen LogP contribution is 2.47. The first-order valence-corrected chi connectivity index (χ1v) is 17.7. The van der Waals surface area contributed by atoms with Crippen LogP contribution in [0.2, 0.25) is 0 Å². The van der Waals surface area contributed by atoms with E-state index < -0.39 is 20.4 Å². The lowest BCUT2D eigenvalue weighted by Gasteiger charge is -2.40. The molecule has 0 spiro atoms. The number of nitrogens with one attached hydrogen (secondary N) is 2. The highest BCUT2D eigenvalue weighted by Gasteiger charge is 2.19. The zero-order valence-electron chi connectivity index (χ0n) is 22.4. The maximum absolute atomic E-state index is 12.7. The minimum atomic E-state index is -1.09. The summed E-state index contributed by atoms with van der Waals surface area (Å²) in [5.41, 5.74) is 4.87. The number of ketones is 2. The standard InChI is InChI=1S/C32H36N2O2S2/c1-37(2,33-29-19-15-27(16-20-29)31(35)25-11-7-5-8-12-25)23-24-38(3,4)34-30-21-17-28(18-22-30)32(36)26-13-9-6-10-14-26/h5-22,33-34H,23-24H2,1-4H3. The zero-order chi connectivity index (χ0) is 27.2. The molecule has 38 heavy (non-hydrogen) atoms. The van der Waals surface area contributed by atoms with E-state index >= 15 is 0 Å². The van der Waals surface area contributed by atoms with Crippen LogP contribution in [-0.4, -0.2) is 48.1 Å². The van der Waals surface area contributed by atoms with Crippen molar-refractivity contribution in [3.63, 3.8) is 0 Å². The van der Waals surface area contributed by atoms with Gasteiger partial charge in [0.25, 0.3) is 0 Å².